The summed E-state index contributed by atoms with van der Waals surface area (Å²) in [4.78, 5) is 30.6. The van der Waals surface area contributed by atoms with E-state index < -0.39 is 0 Å². The van der Waals surface area contributed by atoms with E-state index >= 15 is 0 Å². The Labute approximate surface area is 168 Å². The van der Waals surface area contributed by atoms with Gasteiger partial charge in [-0.2, -0.15) is 0 Å². The predicted octanol–water partition coefficient (Wildman–Crippen LogP) is 3.84. The number of carbonyl (C=O) groups excluding carboxylic acids is 1. The van der Waals surface area contributed by atoms with E-state index in [1.54, 1.807) is 0 Å². The summed E-state index contributed by atoms with van der Waals surface area (Å²) in [6, 6.07) is 14.8. The third-order valence-corrected chi connectivity index (χ3v) is 5.80. The van der Waals surface area contributed by atoms with E-state index in [1.165, 1.54) is 6.07 Å². The molecular weight excluding hydrogens is 368 g/mol. The lowest BCUT2D eigenvalue weighted by atomic mass is 10.0. The van der Waals surface area contributed by atoms with Gasteiger partial charge in [0, 0.05) is 29.6 Å². The van der Waals surface area contributed by atoms with Gasteiger partial charge < -0.3 is 19.4 Å². The number of H-pyrrole nitrogens is 1. The number of aromatic nitrogens is 1. The fraction of sp³-hybridized carbons (Fsp3) is 0.304. The highest BCUT2D eigenvalue weighted by Gasteiger charge is 2.29. The molecular formula is C23H22N2O4. The molecule has 1 saturated carbocycles. The molecule has 3 aromatic rings. The summed E-state index contributed by atoms with van der Waals surface area (Å²) in [7, 11) is 0. The van der Waals surface area contributed by atoms with Crippen LogP contribution in [-0.2, 0) is 6.54 Å². The van der Waals surface area contributed by atoms with Crippen LogP contribution in [0.3, 0.4) is 0 Å². The Morgan fingerprint density at radius 1 is 1.03 bits per heavy atom. The summed E-state index contributed by atoms with van der Waals surface area (Å²) in [5.41, 5.74) is 1.86. The van der Waals surface area contributed by atoms with Gasteiger partial charge in [0.1, 0.15) is 0 Å². The molecule has 6 nitrogen and oxygen atoms in total. The summed E-state index contributed by atoms with van der Waals surface area (Å²) in [5.74, 6) is 1.34. The van der Waals surface area contributed by atoms with Gasteiger partial charge in [-0.25, -0.2) is 0 Å². The van der Waals surface area contributed by atoms with Crippen molar-refractivity contribution >= 4 is 16.8 Å². The Bertz CT molecular complexity index is 1130. The van der Waals surface area contributed by atoms with Crippen molar-refractivity contribution in [3.8, 4) is 11.5 Å². The largest absolute Gasteiger partial charge is 0.454 e. The van der Waals surface area contributed by atoms with Crippen LogP contribution >= 0.6 is 0 Å². The smallest absolute Gasteiger partial charge is 0.255 e. The first-order chi connectivity index (χ1) is 14.2. The average molecular weight is 390 g/mol. The standard InChI is InChI=1S/C23H22N2O4/c26-22-12-18(17-7-3-4-8-19(17)24-22)23(27)25(16-5-1-2-6-16)13-15-9-10-20-21(11-15)29-14-28-20/h3-4,7-12,16H,1-2,5-6,13-14H2,(H,24,26). The van der Waals surface area contributed by atoms with E-state index in [-0.39, 0.29) is 24.3 Å². The number of nitrogens with zero attached hydrogens (tertiary/aromatic N) is 1. The Kier molecular flexibility index (Phi) is 4.46. The van der Waals surface area contributed by atoms with Gasteiger partial charge in [0.2, 0.25) is 12.4 Å². The number of pyridine rings is 1. The monoisotopic (exact) mass is 390 g/mol. The van der Waals surface area contributed by atoms with E-state index in [0.717, 1.165) is 42.4 Å². The summed E-state index contributed by atoms with van der Waals surface area (Å²) < 4.78 is 10.9. The summed E-state index contributed by atoms with van der Waals surface area (Å²) in [6.45, 7) is 0.699. The number of carbonyl (C=O) groups is 1. The van der Waals surface area contributed by atoms with Crippen LogP contribution in [0.1, 0.15) is 41.6 Å². The van der Waals surface area contributed by atoms with Gasteiger partial charge in [0.05, 0.1) is 5.56 Å². The van der Waals surface area contributed by atoms with Crippen molar-refractivity contribution in [3.63, 3.8) is 0 Å². The number of hydrogen-bond acceptors (Lipinski definition) is 4. The third-order valence-electron chi connectivity index (χ3n) is 5.80. The number of hydrogen-bond donors (Lipinski definition) is 1. The molecule has 0 radical (unpaired) electrons. The number of benzene rings is 2. The van der Waals surface area contributed by atoms with Gasteiger partial charge in [-0.05, 0) is 36.6 Å². The molecule has 2 aliphatic rings. The second kappa shape index (κ2) is 7.28. The maximum Gasteiger partial charge on any atom is 0.255 e. The third kappa shape index (κ3) is 3.35. The van der Waals surface area contributed by atoms with Gasteiger partial charge in [0.25, 0.3) is 5.91 Å². The normalized spacial score (nSPS) is 15.7. The first-order valence-corrected chi connectivity index (χ1v) is 10.0. The predicted molar refractivity (Wildman–Crippen MR) is 109 cm³/mol. The lowest BCUT2D eigenvalue weighted by Crippen LogP contribution is -2.38. The molecule has 1 amide bonds. The molecule has 0 atom stereocenters. The second-order valence-electron chi connectivity index (χ2n) is 7.65. The Balaban J connectivity index is 1.53. The first-order valence-electron chi connectivity index (χ1n) is 10.0. The van der Waals surface area contributed by atoms with Crippen molar-refractivity contribution in [2.24, 2.45) is 0 Å². The lowest BCUT2D eigenvalue weighted by Gasteiger charge is -2.29. The first kappa shape index (κ1) is 17.8. The molecule has 1 fully saturated rings. The zero-order chi connectivity index (χ0) is 19.8. The number of rotatable bonds is 4. The second-order valence-corrected chi connectivity index (χ2v) is 7.65. The van der Waals surface area contributed by atoms with Crippen molar-refractivity contribution in [2.75, 3.05) is 6.79 Å². The van der Waals surface area contributed by atoms with E-state index in [0.29, 0.717) is 23.4 Å². The molecule has 2 heterocycles. The van der Waals surface area contributed by atoms with E-state index in [4.69, 9.17) is 9.47 Å². The highest BCUT2D eigenvalue weighted by atomic mass is 16.7. The zero-order valence-electron chi connectivity index (χ0n) is 16.0. The topological polar surface area (TPSA) is 71.6 Å². The maximum atomic E-state index is 13.7. The van der Waals surface area contributed by atoms with E-state index in [2.05, 4.69) is 4.98 Å². The molecule has 5 rings (SSSR count). The molecule has 0 spiro atoms. The Morgan fingerprint density at radius 3 is 2.69 bits per heavy atom. The highest BCUT2D eigenvalue weighted by Crippen LogP contribution is 2.34. The van der Waals surface area contributed by atoms with Crippen LogP contribution in [0.5, 0.6) is 11.5 Å². The summed E-state index contributed by atoms with van der Waals surface area (Å²) in [6.07, 6.45) is 4.20. The number of nitrogens with one attached hydrogen (secondary N) is 1. The van der Waals surface area contributed by atoms with Crippen molar-refractivity contribution in [1.29, 1.82) is 0 Å². The van der Waals surface area contributed by atoms with Crippen LogP contribution < -0.4 is 15.0 Å². The highest BCUT2D eigenvalue weighted by molar-refractivity contribution is 6.06. The quantitative estimate of drug-likeness (QED) is 0.735. The molecule has 0 unspecified atom stereocenters. The molecule has 1 aliphatic carbocycles. The number of amides is 1. The molecule has 148 valence electrons. The van der Waals surface area contributed by atoms with Crippen LogP contribution in [0.2, 0.25) is 0 Å². The van der Waals surface area contributed by atoms with Crippen LogP contribution in [-0.4, -0.2) is 28.6 Å². The minimum absolute atomic E-state index is 0.100. The van der Waals surface area contributed by atoms with Gasteiger partial charge in [-0.1, -0.05) is 37.1 Å². The van der Waals surface area contributed by atoms with Crippen LogP contribution in [0, 0.1) is 0 Å². The lowest BCUT2D eigenvalue weighted by molar-refractivity contribution is 0.0666. The zero-order valence-corrected chi connectivity index (χ0v) is 16.0. The van der Waals surface area contributed by atoms with Gasteiger partial charge >= 0.3 is 0 Å². The molecule has 29 heavy (non-hydrogen) atoms. The molecule has 2 aromatic carbocycles. The minimum Gasteiger partial charge on any atom is -0.454 e. The van der Waals surface area contributed by atoms with E-state index in [9.17, 15) is 9.59 Å². The van der Waals surface area contributed by atoms with Crippen LogP contribution in [0.4, 0.5) is 0 Å². The fourth-order valence-electron chi connectivity index (χ4n) is 4.35. The molecule has 1 N–H and O–H groups in total. The molecule has 0 bridgehead atoms. The Morgan fingerprint density at radius 2 is 1.83 bits per heavy atom. The SMILES string of the molecule is O=C(c1cc(=O)[nH]c2ccccc12)N(Cc1ccc2c(c1)OCO2)C1CCCC1. The molecule has 1 aliphatic heterocycles. The van der Waals surface area contributed by atoms with Crippen molar-refractivity contribution in [2.45, 2.75) is 38.3 Å². The van der Waals surface area contributed by atoms with Crippen molar-refractivity contribution < 1.29 is 14.3 Å². The average Bonchev–Trinajstić information content (AvgIpc) is 3.42. The fourth-order valence-corrected chi connectivity index (χ4v) is 4.35. The summed E-state index contributed by atoms with van der Waals surface area (Å²) in [5, 5.41) is 0.769. The van der Waals surface area contributed by atoms with Crippen molar-refractivity contribution in [3.05, 3.63) is 70.0 Å². The van der Waals surface area contributed by atoms with Gasteiger partial charge in [-0.3, -0.25) is 9.59 Å². The van der Waals surface area contributed by atoms with E-state index in [1.807, 2.05) is 47.4 Å². The van der Waals surface area contributed by atoms with Crippen LogP contribution in [0.15, 0.2) is 53.3 Å². The Hall–Kier alpha value is -3.28. The molecule has 0 saturated heterocycles. The van der Waals surface area contributed by atoms with Crippen molar-refractivity contribution in [1.82, 2.24) is 9.88 Å². The number of fused-ring (bicyclic) bond motifs is 2. The molecule has 1 aromatic heterocycles. The molecule has 6 heteroatoms. The van der Waals surface area contributed by atoms with Gasteiger partial charge in [0.15, 0.2) is 11.5 Å². The maximum absolute atomic E-state index is 13.7. The number of aromatic amines is 1. The minimum atomic E-state index is -0.262. The van der Waals surface area contributed by atoms with Crippen LogP contribution in [0.25, 0.3) is 10.9 Å². The van der Waals surface area contributed by atoms with Gasteiger partial charge in [-0.15, -0.1) is 0 Å². The number of ether oxygens (including phenoxy) is 2. The number of para-hydroxylation sites is 1. The summed E-state index contributed by atoms with van der Waals surface area (Å²) >= 11 is 0.